The second-order valence-electron chi connectivity index (χ2n) is 3.10. The molecular formula is C7H16O4S. The van der Waals surface area contributed by atoms with Gasteiger partial charge in [-0.1, -0.05) is 13.8 Å². The second-order valence-corrected chi connectivity index (χ2v) is 4.70. The third-order valence-corrected chi connectivity index (χ3v) is 2.05. The number of rotatable bonds is 5. The lowest BCUT2D eigenvalue weighted by molar-refractivity contribution is 0.122. The summed E-state index contributed by atoms with van der Waals surface area (Å²) in [4.78, 5) is 0. The largest absolute Gasteiger partial charge is 0.396 e. The van der Waals surface area contributed by atoms with Gasteiger partial charge in [0, 0.05) is 6.61 Å². The van der Waals surface area contributed by atoms with Gasteiger partial charge in [-0.15, -0.1) is 0 Å². The molecule has 5 heteroatoms. The fourth-order valence-corrected chi connectivity index (χ4v) is 1.61. The molecular weight excluding hydrogens is 180 g/mol. The van der Waals surface area contributed by atoms with Crippen LogP contribution in [0, 0.1) is 5.92 Å². The van der Waals surface area contributed by atoms with Gasteiger partial charge in [0.1, 0.15) is 0 Å². The molecule has 0 rings (SSSR count). The van der Waals surface area contributed by atoms with Crippen molar-refractivity contribution in [2.75, 3.05) is 12.9 Å². The highest BCUT2D eigenvalue weighted by Crippen LogP contribution is 2.12. The summed E-state index contributed by atoms with van der Waals surface area (Å²) in [6, 6.07) is 0. The van der Waals surface area contributed by atoms with E-state index in [1.165, 1.54) is 0 Å². The summed E-state index contributed by atoms with van der Waals surface area (Å²) in [7, 11) is -3.40. The van der Waals surface area contributed by atoms with Crippen molar-refractivity contribution < 1.29 is 17.7 Å². The molecule has 0 aromatic carbocycles. The molecule has 12 heavy (non-hydrogen) atoms. The van der Waals surface area contributed by atoms with Crippen LogP contribution in [0.15, 0.2) is 0 Å². The van der Waals surface area contributed by atoms with Crippen molar-refractivity contribution in [3.05, 3.63) is 0 Å². The van der Waals surface area contributed by atoms with Gasteiger partial charge in [0.05, 0.1) is 12.4 Å². The van der Waals surface area contributed by atoms with Crippen molar-refractivity contribution >= 4 is 10.1 Å². The lowest BCUT2D eigenvalue weighted by Crippen LogP contribution is -2.24. The normalized spacial score (nSPS) is 15.1. The van der Waals surface area contributed by atoms with Crippen molar-refractivity contribution in [1.29, 1.82) is 0 Å². The maximum Gasteiger partial charge on any atom is 0.264 e. The summed E-state index contributed by atoms with van der Waals surface area (Å²) in [5.41, 5.74) is 0. The zero-order valence-corrected chi connectivity index (χ0v) is 8.47. The highest BCUT2D eigenvalue weighted by Gasteiger charge is 2.18. The van der Waals surface area contributed by atoms with Crippen molar-refractivity contribution in [3.63, 3.8) is 0 Å². The van der Waals surface area contributed by atoms with Gasteiger partial charge in [0.2, 0.25) is 0 Å². The standard InChI is InChI=1S/C7H16O4S/c1-6(2)7(4-5-8)11-12(3,9)10/h6-8H,4-5H2,1-3H3/t7-/m1/s1. The topological polar surface area (TPSA) is 63.6 Å². The third kappa shape index (κ3) is 5.51. The van der Waals surface area contributed by atoms with E-state index >= 15 is 0 Å². The molecule has 0 bridgehead atoms. The van der Waals surface area contributed by atoms with Crippen LogP contribution in [0.1, 0.15) is 20.3 Å². The van der Waals surface area contributed by atoms with Crippen molar-refractivity contribution in [3.8, 4) is 0 Å². The minimum atomic E-state index is -3.40. The fraction of sp³-hybridized carbons (Fsp3) is 1.00. The Hall–Kier alpha value is -0.130. The first kappa shape index (κ1) is 11.9. The molecule has 0 heterocycles. The molecule has 0 amide bonds. The molecule has 0 unspecified atom stereocenters. The number of aliphatic hydroxyl groups is 1. The van der Waals surface area contributed by atoms with E-state index in [1.54, 1.807) is 0 Å². The molecule has 0 saturated heterocycles. The molecule has 0 aliphatic heterocycles. The van der Waals surface area contributed by atoms with Gasteiger partial charge in [-0.25, -0.2) is 0 Å². The van der Waals surface area contributed by atoms with E-state index in [9.17, 15) is 8.42 Å². The summed E-state index contributed by atoms with van der Waals surface area (Å²) >= 11 is 0. The van der Waals surface area contributed by atoms with Crippen LogP contribution in [-0.4, -0.2) is 32.5 Å². The molecule has 0 aliphatic rings. The highest BCUT2D eigenvalue weighted by molar-refractivity contribution is 7.86. The van der Waals surface area contributed by atoms with Crippen LogP contribution >= 0.6 is 0 Å². The van der Waals surface area contributed by atoms with Gasteiger partial charge in [-0.2, -0.15) is 8.42 Å². The lowest BCUT2D eigenvalue weighted by Gasteiger charge is -2.18. The van der Waals surface area contributed by atoms with Gasteiger partial charge >= 0.3 is 0 Å². The van der Waals surface area contributed by atoms with E-state index in [2.05, 4.69) is 0 Å². The summed E-state index contributed by atoms with van der Waals surface area (Å²) in [5, 5.41) is 8.61. The van der Waals surface area contributed by atoms with Crippen molar-refractivity contribution in [2.24, 2.45) is 5.92 Å². The van der Waals surface area contributed by atoms with E-state index in [4.69, 9.17) is 9.29 Å². The summed E-state index contributed by atoms with van der Waals surface area (Å²) in [6.45, 7) is 3.65. The Morgan fingerprint density at radius 3 is 2.17 bits per heavy atom. The van der Waals surface area contributed by atoms with Crippen LogP contribution < -0.4 is 0 Å². The zero-order valence-electron chi connectivity index (χ0n) is 7.65. The van der Waals surface area contributed by atoms with Crippen LogP contribution in [0.2, 0.25) is 0 Å². The summed E-state index contributed by atoms with van der Waals surface area (Å²) in [5.74, 6) is 0.0897. The Bertz CT molecular complexity index is 207. The first-order valence-electron chi connectivity index (χ1n) is 3.86. The average Bonchev–Trinajstić information content (AvgIpc) is 1.83. The maximum absolute atomic E-state index is 10.7. The van der Waals surface area contributed by atoms with Crippen LogP contribution in [0.4, 0.5) is 0 Å². The van der Waals surface area contributed by atoms with Gasteiger partial charge in [0.25, 0.3) is 10.1 Å². The Balaban J connectivity index is 4.14. The predicted octanol–water partition coefficient (Wildman–Crippen LogP) is 0.370. The first-order chi connectivity index (χ1) is 5.37. The minimum Gasteiger partial charge on any atom is -0.396 e. The summed E-state index contributed by atoms with van der Waals surface area (Å²) in [6.07, 6.45) is 0.954. The number of hydrogen-bond donors (Lipinski definition) is 1. The highest BCUT2D eigenvalue weighted by atomic mass is 32.2. The van der Waals surface area contributed by atoms with Crippen LogP contribution in [0.25, 0.3) is 0 Å². The smallest absolute Gasteiger partial charge is 0.264 e. The van der Waals surface area contributed by atoms with E-state index < -0.39 is 16.2 Å². The molecule has 4 nitrogen and oxygen atoms in total. The number of hydrogen-bond acceptors (Lipinski definition) is 4. The molecule has 0 radical (unpaired) electrons. The maximum atomic E-state index is 10.7. The van der Waals surface area contributed by atoms with Gasteiger partial charge in [0.15, 0.2) is 0 Å². The Labute approximate surface area is 73.7 Å². The third-order valence-electron chi connectivity index (χ3n) is 1.46. The van der Waals surface area contributed by atoms with Gasteiger partial charge < -0.3 is 5.11 Å². The quantitative estimate of drug-likeness (QED) is 0.645. The summed E-state index contributed by atoms with van der Waals surface area (Å²) < 4.78 is 26.2. The molecule has 1 N–H and O–H groups in total. The van der Waals surface area contributed by atoms with Crippen LogP contribution in [0.3, 0.4) is 0 Å². The molecule has 0 aliphatic carbocycles. The van der Waals surface area contributed by atoms with E-state index in [-0.39, 0.29) is 12.5 Å². The lowest BCUT2D eigenvalue weighted by atomic mass is 10.1. The predicted molar refractivity (Wildman–Crippen MR) is 46.3 cm³/mol. The Morgan fingerprint density at radius 2 is 1.92 bits per heavy atom. The van der Waals surface area contributed by atoms with Crippen LogP contribution in [0.5, 0.6) is 0 Å². The first-order valence-corrected chi connectivity index (χ1v) is 5.67. The monoisotopic (exact) mass is 196 g/mol. The van der Waals surface area contributed by atoms with E-state index in [0.717, 1.165) is 6.26 Å². The fourth-order valence-electron chi connectivity index (χ4n) is 0.844. The molecule has 0 aromatic rings. The minimum absolute atomic E-state index is 0.0572. The van der Waals surface area contributed by atoms with Crippen LogP contribution in [-0.2, 0) is 14.3 Å². The molecule has 0 fully saturated rings. The average molecular weight is 196 g/mol. The van der Waals surface area contributed by atoms with Gasteiger partial charge in [-0.3, -0.25) is 4.18 Å². The molecule has 1 atom stereocenters. The van der Waals surface area contributed by atoms with Gasteiger partial charge in [-0.05, 0) is 12.3 Å². The second kappa shape index (κ2) is 4.79. The van der Waals surface area contributed by atoms with Crippen molar-refractivity contribution in [2.45, 2.75) is 26.4 Å². The SMILES string of the molecule is CC(C)[C@@H](CCO)OS(C)(=O)=O. The van der Waals surface area contributed by atoms with Crippen molar-refractivity contribution in [1.82, 2.24) is 0 Å². The number of aliphatic hydroxyl groups excluding tert-OH is 1. The van der Waals surface area contributed by atoms with E-state index in [1.807, 2.05) is 13.8 Å². The Kier molecular flexibility index (Phi) is 4.74. The zero-order chi connectivity index (χ0) is 9.78. The molecule has 0 aromatic heterocycles. The Morgan fingerprint density at radius 1 is 1.42 bits per heavy atom. The molecule has 0 saturated carbocycles. The molecule has 0 spiro atoms. The van der Waals surface area contributed by atoms with E-state index in [0.29, 0.717) is 6.42 Å². The molecule has 74 valence electrons.